The average Bonchev–Trinajstić information content (AvgIpc) is 2.88. The minimum atomic E-state index is -0.574. The third kappa shape index (κ3) is 3.28. The highest BCUT2D eigenvalue weighted by Gasteiger charge is 2.25. The van der Waals surface area contributed by atoms with Crippen LogP contribution in [0.2, 0.25) is 5.02 Å². The smallest absolute Gasteiger partial charge is 0.361 e. The first-order valence-electron chi connectivity index (χ1n) is 6.72. The molecule has 0 saturated carbocycles. The molecule has 2 aromatic rings. The molecule has 0 aliphatic carbocycles. The van der Waals surface area contributed by atoms with Crippen molar-refractivity contribution in [2.75, 3.05) is 6.61 Å². The monoisotopic (exact) mass is 321 g/mol. The van der Waals surface area contributed by atoms with Crippen molar-refractivity contribution in [1.29, 1.82) is 0 Å². The molecule has 0 radical (unpaired) electrons. The molecule has 0 unspecified atom stereocenters. The first-order valence-corrected chi connectivity index (χ1v) is 7.10. The Morgan fingerprint density at radius 1 is 1.45 bits per heavy atom. The van der Waals surface area contributed by atoms with Gasteiger partial charge >= 0.3 is 5.97 Å². The molecule has 0 atom stereocenters. The molecule has 116 valence electrons. The Morgan fingerprint density at radius 2 is 2.18 bits per heavy atom. The molecule has 0 spiro atoms. The predicted molar refractivity (Wildman–Crippen MR) is 83.1 cm³/mol. The van der Waals surface area contributed by atoms with E-state index in [2.05, 4.69) is 10.3 Å². The van der Waals surface area contributed by atoms with Crippen molar-refractivity contribution < 1.29 is 14.1 Å². The van der Waals surface area contributed by atoms with E-state index in [1.165, 1.54) is 0 Å². The molecular weight excluding hydrogens is 306 g/mol. The van der Waals surface area contributed by atoms with E-state index in [0.29, 0.717) is 28.5 Å². The molecule has 1 aromatic carbocycles. The fourth-order valence-corrected chi connectivity index (χ4v) is 2.27. The third-order valence-corrected chi connectivity index (χ3v) is 3.46. The Labute approximate surface area is 132 Å². The maximum atomic E-state index is 12.0. The minimum absolute atomic E-state index is 0.0654. The van der Waals surface area contributed by atoms with E-state index in [0.717, 1.165) is 5.56 Å². The zero-order valence-electron chi connectivity index (χ0n) is 12.3. The molecule has 0 saturated heterocycles. The number of aromatic nitrogens is 1. The summed E-state index contributed by atoms with van der Waals surface area (Å²) in [6, 6.07) is 7.33. The number of nitrogens with zero attached hydrogens (tertiary/aromatic N) is 2. The van der Waals surface area contributed by atoms with Gasteiger partial charge in [-0.05, 0) is 25.5 Å². The summed E-state index contributed by atoms with van der Waals surface area (Å²) in [6.45, 7) is 3.64. The van der Waals surface area contributed by atoms with E-state index in [9.17, 15) is 4.79 Å². The van der Waals surface area contributed by atoms with Crippen molar-refractivity contribution in [2.45, 2.75) is 20.3 Å². The van der Waals surface area contributed by atoms with Crippen LogP contribution in [0.5, 0.6) is 0 Å². The number of esters is 1. The van der Waals surface area contributed by atoms with Crippen LogP contribution in [-0.2, 0) is 11.2 Å². The molecule has 0 bridgehead atoms. The lowest BCUT2D eigenvalue weighted by Crippen LogP contribution is -2.15. The van der Waals surface area contributed by atoms with E-state index in [1.54, 1.807) is 19.9 Å². The zero-order valence-corrected chi connectivity index (χ0v) is 13.1. The molecule has 7 heteroatoms. The number of carbonyl (C=O) groups excluding carboxylic acids is 1. The fourth-order valence-electron chi connectivity index (χ4n) is 2.07. The standard InChI is InChI=1S/C15H16ClN3O3/c1-3-21-15(20)14-13(9(2)22-19-14)12(18-17)8-10-6-4-5-7-11(10)16/h4-7H,3,8,17H2,1-2H3/b18-12-. The number of aryl methyl sites for hydroxylation is 1. The zero-order chi connectivity index (χ0) is 16.1. The van der Waals surface area contributed by atoms with Crippen molar-refractivity contribution in [3.05, 3.63) is 51.9 Å². The minimum Gasteiger partial charge on any atom is -0.461 e. The van der Waals surface area contributed by atoms with Gasteiger partial charge in [0.2, 0.25) is 5.69 Å². The third-order valence-electron chi connectivity index (χ3n) is 3.09. The molecule has 2 N–H and O–H groups in total. The number of hydrogen-bond acceptors (Lipinski definition) is 6. The van der Waals surface area contributed by atoms with Gasteiger partial charge in [0.05, 0.1) is 17.9 Å². The quantitative estimate of drug-likeness (QED) is 0.396. The van der Waals surface area contributed by atoms with Crippen molar-refractivity contribution >= 4 is 23.3 Å². The molecule has 0 amide bonds. The van der Waals surface area contributed by atoms with Gasteiger partial charge in [-0.15, -0.1) is 0 Å². The highest BCUT2D eigenvalue weighted by molar-refractivity contribution is 6.31. The number of ether oxygens (including phenoxy) is 1. The van der Waals surface area contributed by atoms with Crippen LogP contribution < -0.4 is 5.84 Å². The van der Waals surface area contributed by atoms with E-state index in [-0.39, 0.29) is 12.3 Å². The first-order chi connectivity index (χ1) is 10.6. The van der Waals surface area contributed by atoms with Gasteiger partial charge in [-0.3, -0.25) is 0 Å². The second-order valence-electron chi connectivity index (χ2n) is 4.53. The van der Waals surface area contributed by atoms with Crippen LogP contribution in [0.25, 0.3) is 0 Å². The van der Waals surface area contributed by atoms with Gasteiger partial charge in [-0.25, -0.2) is 4.79 Å². The number of benzene rings is 1. The number of halogens is 1. The Morgan fingerprint density at radius 3 is 2.82 bits per heavy atom. The normalized spacial score (nSPS) is 11.5. The maximum Gasteiger partial charge on any atom is 0.361 e. The molecule has 0 fully saturated rings. The van der Waals surface area contributed by atoms with Gasteiger partial charge in [-0.2, -0.15) is 5.10 Å². The van der Waals surface area contributed by atoms with Gasteiger partial charge < -0.3 is 15.1 Å². The lowest BCUT2D eigenvalue weighted by Gasteiger charge is -2.07. The largest absolute Gasteiger partial charge is 0.461 e. The fraction of sp³-hybridized carbons (Fsp3) is 0.267. The number of rotatable bonds is 5. The van der Waals surface area contributed by atoms with Gasteiger partial charge in [0, 0.05) is 11.4 Å². The molecule has 2 rings (SSSR count). The van der Waals surface area contributed by atoms with E-state index < -0.39 is 5.97 Å². The Balaban J connectivity index is 2.39. The summed E-state index contributed by atoms with van der Waals surface area (Å²) < 4.78 is 10.1. The average molecular weight is 322 g/mol. The van der Waals surface area contributed by atoms with Crippen LogP contribution in [0, 0.1) is 6.92 Å². The van der Waals surface area contributed by atoms with Crippen molar-refractivity contribution in [3.8, 4) is 0 Å². The second-order valence-corrected chi connectivity index (χ2v) is 4.93. The predicted octanol–water partition coefficient (Wildman–Crippen LogP) is 2.72. The SMILES string of the molecule is CCOC(=O)c1noc(C)c1/C(Cc1ccccc1Cl)=N\N. The summed E-state index contributed by atoms with van der Waals surface area (Å²) in [5.74, 6) is 5.37. The van der Waals surface area contributed by atoms with Gasteiger partial charge in [0.1, 0.15) is 5.76 Å². The summed E-state index contributed by atoms with van der Waals surface area (Å²) in [5, 5.41) is 8.12. The topological polar surface area (TPSA) is 90.7 Å². The second kappa shape index (κ2) is 7.09. The molecule has 22 heavy (non-hydrogen) atoms. The van der Waals surface area contributed by atoms with Crippen molar-refractivity contribution in [2.24, 2.45) is 10.9 Å². The van der Waals surface area contributed by atoms with E-state index >= 15 is 0 Å². The van der Waals surface area contributed by atoms with Gasteiger partial charge in [-0.1, -0.05) is 35.0 Å². The Bertz CT molecular complexity index is 710. The van der Waals surface area contributed by atoms with E-state index in [4.69, 9.17) is 26.7 Å². The Kier molecular flexibility index (Phi) is 5.16. The summed E-state index contributed by atoms with van der Waals surface area (Å²) in [4.78, 5) is 12.0. The summed E-state index contributed by atoms with van der Waals surface area (Å²) in [5.41, 5.74) is 1.80. The van der Waals surface area contributed by atoms with Crippen LogP contribution in [0.3, 0.4) is 0 Å². The number of nitrogens with two attached hydrogens (primary N) is 1. The summed E-state index contributed by atoms with van der Waals surface area (Å²) in [6.07, 6.45) is 0.352. The van der Waals surface area contributed by atoms with E-state index in [1.807, 2.05) is 18.2 Å². The molecule has 1 aromatic heterocycles. The molecular formula is C15H16ClN3O3. The number of hydrogen-bond donors (Lipinski definition) is 1. The summed E-state index contributed by atoms with van der Waals surface area (Å²) >= 11 is 6.15. The summed E-state index contributed by atoms with van der Waals surface area (Å²) in [7, 11) is 0. The van der Waals surface area contributed by atoms with Crippen LogP contribution in [0.4, 0.5) is 0 Å². The highest BCUT2D eigenvalue weighted by atomic mass is 35.5. The molecule has 6 nitrogen and oxygen atoms in total. The van der Waals surface area contributed by atoms with Gasteiger partial charge in [0.25, 0.3) is 0 Å². The lowest BCUT2D eigenvalue weighted by molar-refractivity contribution is 0.0514. The first kappa shape index (κ1) is 16.0. The highest BCUT2D eigenvalue weighted by Crippen LogP contribution is 2.21. The molecule has 0 aliphatic heterocycles. The maximum absolute atomic E-state index is 12.0. The Hall–Kier alpha value is -2.34. The lowest BCUT2D eigenvalue weighted by atomic mass is 10.0. The number of carbonyl (C=O) groups is 1. The molecule has 1 heterocycles. The van der Waals surface area contributed by atoms with Crippen LogP contribution in [0.1, 0.15) is 34.3 Å². The van der Waals surface area contributed by atoms with Crippen molar-refractivity contribution in [1.82, 2.24) is 5.16 Å². The van der Waals surface area contributed by atoms with Crippen LogP contribution >= 0.6 is 11.6 Å². The van der Waals surface area contributed by atoms with Crippen molar-refractivity contribution in [3.63, 3.8) is 0 Å². The van der Waals surface area contributed by atoms with Crippen LogP contribution in [-0.4, -0.2) is 23.4 Å². The molecule has 0 aliphatic rings. The van der Waals surface area contributed by atoms with Crippen LogP contribution in [0.15, 0.2) is 33.9 Å². The number of hydrazone groups is 1. The van der Waals surface area contributed by atoms with Gasteiger partial charge in [0.15, 0.2) is 0 Å².